The molecule has 3 aliphatic carbocycles. The first kappa shape index (κ1) is 13.1. The molecule has 1 heteroatoms. The van der Waals surface area contributed by atoms with Crippen LogP contribution in [0.4, 0.5) is 0 Å². The van der Waals surface area contributed by atoms with Crippen LogP contribution < -0.4 is 0 Å². The molecule has 3 aliphatic rings. The van der Waals surface area contributed by atoms with Gasteiger partial charge in [-0.3, -0.25) is 4.79 Å². The highest BCUT2D eigenvalue weighted by Gasteiger charge is 2.46. The highest BCUT2D eigenvalue weighted by atomic mass is 16.1. The van der Waals surface area contributed by atoms with Gasteiger partial charge < -0.3 is 0 Å². The van der Waals surface area contributed by atoms with Gasteiger partial charge in [0.2, 0.25) is 0 Å². The van der Waals surface area contributed by atoms with Crippen molar-refractivity contribution in [2.75, 3.05) is 0 Å². The Bertz CT molecular complexity index is 445. The zero-order valence-corrected chi connectivity index (χ0v) is 12.5. The van der Waals surface area contributed by atoms with Crippen molar-refractivity contribution in [2.45, 2.75) is 52.9 Å². The van der Waals surface area contributed by atoms with E-state index in [1.165, 1.54) is 24.8 Å². The summed E-state index contributed by atoms with van der Waals surface area (Å²) in [4.78, 5) is 11.6. The molecule has 0 heterocycles. The smallest absolute Gasteiger partial charge is 0.155 e. The summed E-state index contributed by atoms with van der Waals surface area (Å²) in [5.41, 5.74) is 1.84. The van der Waals surface area contributed by atoms with Crippen LogP contribution in [0.1, 0.15) is 52.9 Å². The van der Waals surface area contributed by atoms with Crippen LogP contribution in [0.15, 0.2) is 23.8 Å². The van der Waals surface area contributed by atoms with Gasteiger partial charge in [0.1, 0.15) is 0 Å². The van der Waals surface area contributed by atoms with Crippen LogP contribution in [0.3, 0.4) is 0 Å². The van der Waals surface area contributed by atoms with Crippen LogP contribution in [-0.2, 0) is 4.79 Å². The topological polar surface area (TPSA) is 17.1 Å². The second-order valence-electron chi connectivity index (χ2n) is 7.19. The van der Waals surface area contributed by atoms with E-state index >= 15 is 0 Å². The SMILES string of the molecule is CC[C@@]1(C)CC[C@@H]2[C@H]3CCC(=O)C=C3C=C[C@H]2C1C. The van der Waals surface area contributed by atoms with Crippen molar-refractivity contribution in [2.24, 2.45) is 29.1 Å². The minimum atomic E-state index is 0.330. The van der Waals surface area contributed by atoms with Gasteiger partial charge in [0.15, 0.2) is 5.78 Å². The molecule has 0 bridgehead atoms. The first-order chi connectivity index (χ1) is 9.05. The van der Waals surface area contributed by atoms with E-state index in [2.05, 4.69) is 32.9 Å². The van der Waals surface area contributed by atoms with E-state index in [1.807, 2.05) is 6.08 Å². The normalized spacial score (nSPS) is 45.4. The first-order valence-corrected chi connectivity index (χ1v) is 7.98. The predicted molar refractivity (Wildman–Crippen MR) is 78.7 cm³/mol. The molecule has 0 saturated heterocycles. The van der Waals surface area contributed by atoms with Gasteiger partial charge >= 0.3 is 0 Å². The van der Waals surface area contributed by atoms with Crippen LogP contribution in [0.2, 0.25) is 0 Å². The number of carbonyl (C=O) groups excluding carboxylic acids is 1. The van der Waals surface area contributed by atoms with Crippen molar-refractivity contribution in [3.8, 4) is 0 Å². The Morgan fingerprint density at radius 1 is 1.37 bits per heavy atom. The van der Waals surface area contributed by atoms with Gasteiger partial charge in [-0.2, -0.15) is 0 Å². The molecule has 1 saturated carbocycles. The van der Waals surface area contributed by atoms with Gasteiger partial charge in [-0.05, 0) is 60.0 Å². The van der Waals surface area contributed by atoms with Crippen molar-refractivity contribution in [3.05, 3.63) is 23.8 Å². The summed E-state index contributed by atoms with van der Waals surface area (Å²) in [5, 5.41) is 0. The molecule has 0 amide bonds. The third kappa shape index (κ3) is 2.02. The summed E-state index contributed by atoms with van der Waals surface area (Å²) in [6, 6.07) is 0. The van der Waals surface area contributed by atoms with Crippen molar-refractivity contribution in [3.63, 3.8) is 0 Å². The molecule has 1 nitrogen and oxygen atoms in total. The molecule has 0 aromatic carbocycles. The number of hydrogen-bond acceptors (Lipinski definition) is 1. The second-order valence-corrected chi connectivity index (χ2v) is 7.19. The molecule has 5 atom stereocenters. The molecule has 1 fully saturated rings. The van der Waals surface area contributed by atoms with E-state index < -0.39 is 0 Å². The molecule has 104 valence electrons. The van der Waals surface area contributed by atoms with Crippen molar-refractivity contribution in [1.82, 2.24) is 0 Å². The maximum atomic E-state index is 11.6. The van der Waals surface area contributed by atoms with Crippen LogP contribution in [0.25, 0.3) is 0 Å². The molecule has 0 N–H and O–H groups in total. The molecule has 0 aliphatic heterocycles. The zero-order valence-electron chi connectivity index (χ0n) is 12.5. The molecular weight excluding hydrogens is 232 g/mol. The Labute approximate surface area is 117 Å². The van der Waals surface area contributed by atoms with Crippen LogP contribution in [0.5, 0.6) is 0 Å². The molecule has 3 rings (SSSR count). The number of allylic oxidation sites excluding steroid dienone is 4. The Hall–Kier alpha value is -0.850. The van der Waals surface area contributed by atoms with Gasteiger partial charge in [0, 0.05) is 6.42 Å². The van der Waals surface area contributed by atoms with Crippen molar-refractivity contribution < 1.29 is 4.79 Å². The maximum absolute atomic E-state index is 11.6. The Balaban J connectivity index is 1.92. The lowest BCUT2D eigenvalue weighted by atomic mass is 9.53. The first-order valence-electron chi connectivity index (χ1n) is 7.98. The molecular formula is C18H26O. The fourth-order valence-corrected chi connectivity index (χ4v) is 4.71. The van der Waals surface area contributed by atoms with Crippen molar-refractivity contribution >= 4 is 5.78 Å². The molecule has 0 spiro atoms. The van der Waals surface area contributed by atoms with Crippen molar-refractivity contribution in [1.29, 1.82) is 0 Å². The van der Waals surface area contributed by atoms with Gasteiger partial charge in [0.25, 0.3) is 0 Å². The van der Waals surface area contributed by atoms with Crippen LogP contribution in [-0.4, -0.2) is 5.78 Å². The zero-order chi connectivity index (χ0) is 13.6. The molecule has 0 aromatic rings. The summed E-state index contributed by atoms with van der Waals surface area (Å²) in [6.07, 6.45) is 12.5. The molecule has 1 unspecified atom stereocenters. The van der Waals surface area contributed by atoms with Gasteiger partial charge in [-0.15, -0.1) is 0 Å². The highest BCUT2D eigenvalue weighted by Crippen LogP contribution is 2.55. The summed E-state index contributed by atoms with van der Waals surface area (Å²) in [7, 11) is 0. The monoisotopic (exact) mass is 258 g/mol. The Morgan fingerprint density at radius 3 is 2.89 bits per heavy atom. The summed E-state index contributed by atoms with van der Waals surface area (Å²) in [6.45, 7) is 7.26. The quantitative estimate of drug-likeness (QED) is 0.675. The van der Waals surface area contributed by atoms with E-state index in [0.717, 1.165) is 30.6 Å². The highest BCUT2D eigenvalue weighted by molar-refractivity contribution is 5.91. The van der Waals surface area contributed by atoms with Gasteiger partial charge in [-0.1, -0.05) is 39.3 Å². The van der Waals surface area contributed by atoms with E-state index in [-0.39, 0.29) is 0 Å². The fourth-order valence-electron chi connectivity index (χ4n) is 4.71. The molecule has 19 heavy (non-hydrogen) atoms. The van der Waals surface area contributed by atoms with E-state index in [9.17, 15) is 4.79 Å². The lowest BCUT2D eigenvalue weighted by Crippen LogP contribution is -2.43. The van der Waals surface area contributed by atoms with E-state index in [4.69, 9.17) is 0 Å². The number of fused-ring (bicyclic) bond motifs is 3. The number of ketones is 1. The average Bonchev–Trinajstić information content (AvgIpc) is 2.42. The number of carbonyl (C=O) groups is 1. The molecule has 0 radical (unpaired) electrons. The van der Waals surface area contributed by atoms with E-state index in [1.54, 1.807) is 0 Å². The fraction of sp³-hybridized carbons (Fsp3) is 0.722. The summed E-state index contributed by atoms with van der Waals surface area (Å²) in [5.74, 6) is 3.29. The Kier molecular flexibility index (Phi) is 3.19. The second kappa shape index (κ2) is 4.61. The minimum Gasteiger partial charge on any atom is -0.295 e. The minimum absolute atomic E-state index is 0.330. The predicted octanol–water partition coefficient (Wildman–Crippen LogP) is 4.54. The van der Waals surface area contributed by atoms with Crippen LogP contribution in [0, 0.1) is 29.1 Å². The van der Waals surface area contributed by atoms with E-state index in [0.29, 0.717) is 17.1 Å². The van der Waals surface area contributed by atoms with Crippen LogP contribution >= 0.6 is 0 Å². The molecule has 0 aromatic heterocycles. The standard InChI is InChI=1S/C18H26O/c1-4-18(3)10-9-17-15(12(18)2)7-5-13-11-14(19)6-8-16(13)17/h5,7,11-12,15-17H,4,6,8-10H2,1-3H3/t12?,15-,16-,17-,18-/m0/s1. The third-order valence-corrected chi connectivity index (χ3v) is 6.51. The van der Waals surface area contributed by atoms with Gasteiger partial charge in [0.05, 0.1) is 0 Å². The summed E-state index contributed by atoms with van der Waals surface area (Å²) >= 11 is 0. The number of hydrogen-bond donors (Lipinski definition) is 0. The lowest BCUT2D eigenvalue weighted by Gasteiger charge is -2.51. The maximum Gasteiger partial charge on any atom is 0.155 e. The summed E-state index contributed by atoms with van der Waals surface area (Å²) < 4.78 is 0. The Morgan fingerprint density at radius 2 is 2.16 bits per heavy atom. The lowest BCUT2D eigenvalue weighted by molar-refractivity contribution is -0.115. The largest absolute Gasteiger partial charge is 0.295 e. The average molecular weight is 258 g/mol. The third-order valence-electron chi connectivity index (χ3n) is 6.51. The van der Waals surface area contributed by atoms with Gasteiger partial charge in [-0.25, -0.2) is 0 Å². The number of rotatable bonds is 1.